The van der Waals surface area contributed by atoms with Crippen molar-refractivity contribution in [2.75, 3.05) is 5.73 Å². The number of H-pyrrole nitrogens is 1. The summed E-state index contributed by atoms with van der Waals surface area (Å²) in [6.45, 7) is 0. The first-order valence-corrected chi connectivity index (χ1v) is 5.23. The van der Waals surface area contributed by atoms with Crippen molar-refractivity contribution in [3.05, 3.63) is 48.4 Å². The SMILES string of the molecule is Nc1ccnc(-c2cc3cccc(F)c3[nH]2)c1. The van der Waals surface area contributed by atoms with Crippen LogP contribution in [0.2, 0.25) is 0 Å². The van der Waals surface area contributed by atoms with E-state index in [0.29, 0.717) is 16.9 Å². The van der Waals surface area contributed by atoms with Gasteiger partial charge in [-0.3, -0.25) is 4.98 Å². The number of fused-ring (bicyclic) bond motifs is 1. The number of nitrogens with zero attached hydrogens (tertiary/aromatic N) is 1. The van der Waals surface area contributed by atoms with Gasteiger partial charge >= 0.3 is 0 Å². The molecule has 0 amide bonds. The van der Waals surface area contributed by atoms with Gasteiger partial charge in [0.25, 0.3) is 0 Å². The van der Waals surface area contributed by atoms with Crippen LogP contribution in [0.25, 0.3) is 22.3 Å². The molecule has 84 valence electrons. The average Bonchev–Trinajstić information content (AvgIpc) is 2.74. The van der Waals surface area contributed by atoms with Crippen LogP contribution < -0.4 is 5.73 Å². The number of nitrogens with one attached hydrogen (secondary N) is 1. The minimum atomic E-state index is -0.266. The van der Waals surface area contributed by atoms with E-state index in [1.807, 2.05) is 12.1 Å². The average molecular weight is 227 g/mol. The minimum Gasteiger partial charge on any atom is -0.399 e. The number of pyridine rings is 1. The Hall–Kier alpha value is -2.36. The van der Waals surface area contributed by atoms with Crippen molar-refractivity contribution < 1.29 is 4.39 Å². The molecule has 3 aromatic rings. The molecule has 2 heterocycles. The lowest BCUT2D eigenvalue weighted by Gasteiger charge is -1.97. The van der Waals surface area contributed by atoms with Gasteiger partial charge in [-0.2, -0.15) is 0 Å². The molecule has 0 atom stereocenters. The Morgan fingerprint density at radius 1 is 1.18 bits per heavy atom. The Bertz CT molecular complexity index is 688. The van der Waals surface area contributed by atoms with E-state index >= 15 is 0 Å². The van der Waals surface area contributed by atoms with Crippen LogP contribution in [-0.4, -0.2) is 9.97 Å². The molecule has 3 rings (SSSR count). The molecule has 1 aromatic carbocycles. The topological polar surface area (TPSA) is 54.7 Å². The fourth-order valence-electron chi connectivity index (χ4n) is 1.85. The van der Waals surface area contributed by atoms with Crippen LogP contribution in [-0.2, 0) is 0 Å². The van der Waals surface area contributed by atoms with E-state index in [9.17, 15) is 4.39 Å². The number of nitrogens with two attached hydrogens (primary N) is 1. The molecule has 17 heavy (non-hydrogen) atoms. The van der Waals surface area contributed by atoms with Gasteiger partial charge in [-0.05, 0) is 24.3 Å². The first kappa shape index (κ1) is 9.84. The summed E-state index contributed by atoms with van der Waals surface area (Å²) in [5.41, 5.74) is 8.29. The number of para-hydroxylation sites is 1. The van der Waals surface area contributed by atoms with E-state index < -0.39 is 0 Å². The van der Waals surface area contributed by atoms with Crippen LogP contribution in [0.4, 0.5) is 10.1 Å². The first-order chi connectivity index (χ1) is 8.24. The van der Waals surface area contributed by atoms with Gasteiger partial charge in [-0.15, -0.1) is 0 Å². The maximum absolute atomic E-state index is 13.5. The predicted octanol–water partition coefficient (Wildman–Crippen LogP) is 2.95. The van der Waals surface area contributed by atoms with E-state index in [4.69, 9.17) is 5.73 Å². The molecule has 0 radical (unpaired) electrons. The summed E-state index contributed by atoms with van der Waals surface area (Å²) in [5.74, 6) is -0.266. The van der Waals surface area contributed by atoms with Gasteiger partial charge in [-0.25, -0.2) is 4.39 Å². The molecule has 0 unspecified atom stereocenters. The van der Waals surface area contributed by atoms with E-state index in [-0.39, 0.29) is 5.82 Å². The maximum atomic E-state index is 13.5. The van der Waals surface area contributed by atoms with Gasteiger partial charge < -0.3 is 10.7 Å². The Kier molecular flexibility index (Phi) is 2.08. The summed E-state index contributed by atoms with van der Waals surface area (Å²) in [7, 11) is 0. The largest absolute Gasteiger partial charge is 0.399 e. The van der Waals surface area contributed by atoms with Gasteiger partial charge in [0.15, 0.2) is 0 Å². The number of nitrogen functional groups attached to an aromatic ring is 1. The quantitative estimate of drug-likeness (QED) is 0.671. The van der Waals surface area contributed by atoms with Gasteiger partial charge in [0.05, 0.1) is 16.9 Å². The van der Waals surface area contributed by atoms with Gasteiger partial charge in [0.2, 0.25) is 0 Å². The van der Waals surface area contributed by atoms with Crippen molar-refractivity contribution in [2.45, 2.75) is 0 Å². The van der Waals surface area contributed by atoms with Gasteiger partial charge in [0, 0.05) is 17.3 Å². The fraction of sp³-hybridized carbons (Fsp3) is 0. The minimum absolute atomic E-state index is 0.266. The number of rotatable bonds is 1. The zero-order chi connectivity index (χ0) is 11.8. The molecule has 0 spiro atoms. The van der Waals surface area contributed by atoms with Gasteiger partial charge in [0.1, 0.15) is 5.82 Å². The number of aromatic amines is 1. The number of aromatic nitrogens is 2. The summed E-state index contributed by atoms with van der Waals surface area (Å²) in [6, 6.07) is 10.3. The van der Waals surface area contributed by atoms with Crippen molar-refractivity contribution in [3.8, 4) is 11.4 Å². The number of benzene rings is 1. The Balaban J connectivity index is 2.22. The molecule has 0 aliphatic carbocycles. The van der Waals surface area contributed by atoms with Crippen molar-refractivity contribution in [1.82, 2.24) is 9.97 Å². The number of anilines is 1. The van der Waals surface area contributed by atoms with E-state index in [0.717, 1.165) is 11.1 Å². The number of hydrogen-bond acceptors (Lipinski definition) is 2. The molecule has 3 nitrogen and oxygen atoms in total. The lowest BCUT2D eigenvalue weighted by molar-refractivity contribution is 0.637. The molecule has 0 bridgehead atoms. The molecule has 0 aliphatic rings. The van der Waals surface area contributed by atoms with Crippen LogP contribution in [0, 0.1) is 5.82 Å². The lowest BCUT2D eigenvalue weighted by Crippen LogP contribution is -1.88. The molecule has 2 aromatic heterocycles. The highest BCUT2D eigenvalue weighted by molar-refractivity contribution is 5.85. The monoisotopic (exact) mass is 227 g/mol. The smallest absolute Gasteiger partial charge is 0.147 e. The van der Waals surface area contributed by atoms with Crippen LogP contribution in [0.5, 0.6) is 0 Å². The molecular formula is C13H10FN3. The van der Waals surface area contributed by atoms with Crippen LogP contribution in [0.15, 0.2) is 42.6 Å². The molecule has 3 N–H and O–H groups in total. The standard InChI is InChI=1S/C13H10FN3/c14-10-3-1-2-8-6-12(17-13(8)10)11-7-9(15)4-5-16-11/h1-7,17H,(H2,15,16). The number of halogens is 1. The first-order valence-electron chi connectivity index (χ1n) is 5.23. The predicted molar refractivity (Wildman–Crippen MR) is 65.9 cm³/mol. The highest BCUT2D eigenvalue weighted by Gasteiger charge is 2.07. The molecule has 0 fully saturated rings. The summed E-state index contributed by atoms with van der Waals surface area (Å²) < 4.78 is 13.5. The Morgan fingerprint density at radius 3 is 2.82 bits per heavy atom. The van der Waals surface area contributed by atoms with Crippen molar-refractivity contribution >= 4 is 16.6 Å². The molecular weight excluding hydrogens is 217 g/mol. The van der Waals surface area contributed by atoms with Gasteiger partial charge in [-0.1, -0.05) is 12.1 Å². The highest BCUT2D eigenvalue weighted by atomic mass is 19.1. The van der Waals surface area contributed by atoms with E-state index in [1.165, 1.54) is 6.07 Å². The summed E-state index contributed by atoms with van der Waals surface area (Å²) in [6.07, 6.45) is 1.63. The fourth-order valence-corrected chi connectivity index (χ4v) is 1.85. The zero-order valence-electron chi connectivity index (χ0n) is 8.94. The second kappa shape index (κ2) is 3.59. The zero-order valence-corrected chi connectivity index (χ0v) is 8.94. The van der Waals surface area contributed by atoms with Crippen LogP contribution >= 0.6 is 0 Å². The van der Waals surface area contributed by atoms with E-state index in [2.05, 4.69) is 9.97 Å². The normalized spacial score (nSPS) is 10.9. The summed E-state index contributed by atoms with van der Waals surface area (Å²) >= 11 is 0. The van der Waals surface area contributed by atoms with Crippen molar-refractivity contribution in [3.63, 3.8) is 0 Å². The Labute approximate surface area is 97.1 Å². The highest BCUT2D eigenvalue weighted by Crippen LogP contribution is 2.25. The maximum Gasteiger partial charge on any atom is 0.147 e. The van der Waals surface area contributed by atoms with E-state index in [1.54, 1.807) is 24.4 Å². The van der Waals surface area contributed by atoms with Crippen molar-refractivity contribution in [1.29, 1.82) is 0 Å². The molecule has 0 saturated heterocycles. The molecule has 4 heteroatoms. The lowest BCUT2D eigenvalue weighted by atomic mass is 10.2. The molecule has 0 aliphatic heterocycles. The second-order valence-electron chi connectivity index (χ2n) is 3.86. The third kappa shape index (κ3) is 1.63. The number of hydrogen-bond donors (Lipinski definition) is 2. The molecule has 0 saturated carbocycles. The Morgan fingerprint density at radius 2 is 2.06 bits per heavy atom. The summed E-state index contributed by atoms with van der Waals surface area (Å²) in [5, 5.41) is 0.823. The third-order valence-corrected chi connectivity index (χ3v) is 2.67. The van der Waals surface area contributed by atoms with Crippen molar-refractivity contribution in [2.24, 2.45) is 0 Å². The second-order valence-corrected chi connectivity index (χ2v) is 3.86. The van der Waals surface area contributed by atoms with Crippen LogP contribution in [0.1, 0.15) is 0 Å². The third-order valence-electron chi connectivity index (χ3n) is 2.67. The summed E-state index contributed by atoms with van der Waals surface area (Å²) in [4.78, 5) is 7.22. The van der Waals surface area contributed by atoms with Crippen LogP contribution in [0.3, 0.4) is 0 Å².